The minimum atomic E-state index is -0.0375. The average molecular weight is 228 g/mol. The summed E-state index contributed by atoms with van der Waals surface area (Å²) in [4.78, 5) is 13.8. The second-order valence-corrected chi connectivity index (χ2v) is 4.71. The van der Waals surface area contributed by atoms with Gasteiger partial charge in [-0.05, 0) is 5.92 Å². The first-order chi connectivity index (χ1) is 7.68. The number of nitrogens with zero attached hydrogens (tertiary/aromatic N) is 1. The number of nitrogens with one attached hydrogen (secondary N) is 1. The molecule has 0 aromatic rings. The number of hydrogen-bond donors (Lipinski definition) is 1. The fraction of sp³-hybridized carbons (Fsp3) is 0.909. The lowest BCUT2D eigenvalue weighted by Gasteiger charge is -2.27. The fourth-order valence-corrected chi connectivity index (χ4v) is 2.13. The maximum atomic E-state index is 12.0. The topological polar surface area (TPSA) is 50.8 Å². The van der Waals surface area contributed by atoms with E-state index in [9.17, 15) is 4.79 Å². The number of hydrogen-bond acceptors (Lipinski definition) is 4. The zero-order valence-corrected chi connectivity index (χ0v) is 9.94. The highest BCUT2D eigenvalue weighted by Crippen LogP contribution is 2.13. The predicted octanol–water partition coefficient (Wildman–Crippen LogP) is -0.184. The molecule has 2 fully saturated rings. The third-order valence-corrected chi connectivity index (χ3v) is 3.06. The Morgan fingerprint density at radius 3 is 2.88 bits per heavy atom. The molecule has 0 bridgehead atoms. The molecule has 5 nitrogen and oxygen atoms in total. The summed E-state index contributed by atoms with van der Waals surface area (Å²) >= 11 is 0. The number of carbonyl (C=O) groups excluding carboxylic acids is 1. The first-order valence-corrected chi connectivity index (χ1v) is 5.90. The van der Waals surface area contributed by atoms with Crippen molar-refractivity contribution in [2.75, 3.05) is 33.0 Å². The lowest BCUT2D eigenvalue weighted by atomic mass is 10.1. The van der Waals surface area contributed by atoms with Crippen LogP contribution < -0.4 is 5.32 Å². The van der Waals surface area contributed by atoms with Gasteiger partial charge in [0.1, 0.15) is 0 Å². The Hall–Kier alpha value is -0.650. The van der Waals surface area contributed by atoms with E-state index in [1.54, 1.807) is 0 Å². The van der Waals surface area contributed by atoms with Gasteiger partial charge in [-0.3, -0.25) is 10.1 Å². The van der Waals surface area contributed by atoms with Gasteiger partial charge in [0.05, 0.1) is 45.2 Å². The molecule has 2 rings (SSSR count). The van der Waals surface area contributed by atoms with Crippen molar-refractivity contribution in [3.8, 4) is 0 Å². The smallest absolute Gasteiger partial charge is 0.241 e. The molecule has 1 N–H and O–H groups in total. The summed E-state index contributed by atoms with van der Waals surface area (Å²) in [6.45, 7) is 7.26. The number of carbonyl (C=O) groups is 1. The number of ether oxygens (including phenoxy) is 2. The molecule has 2 saturated heterocycles. The molecular formula is C11H20N2O3. The zero-order chi connectivity index (χ0) is 11.5. The molecule has 0 radical (unpaired) electrons. The van der Waals surface area contributed by atoms with Crippen LogP contribution in [0.15, 0.2) is 0 Å². The monoisotopic (exact) mass is 228 g/mol. The van der Waals surface area contributed by atoms with E-state index < -0.39 is 0 Å². The minimum Gasteiger partial charge on any atom is -0.376 e. The van der Waals surface area contributed by atoms with E-state index in [1.807, 2.05) is 4.90 Å². The van der Waals surface area contributed by atoms with Crippen LogP contribution >= 0.6 is 0 Å². The third-order valence-electron chi connectivity index (χ3n) is 3.06. The highest BCUT2D eigenvalue weighted by molar-refractivity contribution is 5.84. The highest BCUT2D eigenvalue weighted by atomic mass is 16.6. The van der Waals surface area contributed by atoms with Crippen molar-refractivity contribution in [2.45, 2.75) is 26.0 Å². The Balaban J connectivity index is 1.84. The first-order valence-electron chi connectivity index (χ1n) is 5.90. The Kier molecular flexibility index (Phi) is 3.78. The van der Waals surface area contributed by atoms with Crippen LogP contribution in [0.2, 0.25) is 0 Å². The van der Waals surface area contributed by atoms with E-state index in [0.29, 0.717) is 39.0 Å². The van der Waals surface area contributed by atoms with Gasteiger partial charge in [-0.2, -0.15) is 0 Å². The van der Waals surface area contributed by atoms with Crippen molar-refractivity contribution in [2.24, 2.45) is 5.92 Å². The minimum absolute atomic E-state index is 0.0328. The van der Waals surface area contributed by atoms with E-state index in [-0.39, 0.29) is 18.1 Å². The molecule has 0 aromatic heterocycles. The van der Waals surface area contributed by atoms with Gasteiger partial charge in [0, 0.05) is 0 Å². The van der Waals surface area contributed by atoms with Crippen molar-refractivity contribution in [3.05, 3.63) is 0 Å². The lowest BCUT2D eigenvalue weighted by Crippen LogP contribution is -2.42. The van der Waals surface area contributed by atoms with Crippen molar-refractivity contribution >= 4 is 5.91 Å². The van der Waals surface area contributed by atoms with Gasteiger partial charge in [-0.25, -0.2) is 0 Å². The van der Waals surface area contributed by atoms with Crippen molar-refractivity contribution in [1.29, 1.82) is 0 Å². The summed E-state index contributed by atoms with van der Waals surface area (Å²) < 4.78 is 10.9. The summed E-state index contributed by atoms with van der Waals surface area (Å²) in [7, 11) is 0. The van der Waals surface area contributed by atoms with Crippen LogP contribution in [0.1, 0.15) is 13.8 Å². The molecule has 92 valence electrons. The average Bonchev–Trinajstić information content (AvgIpc) is 2.62. The molecule has 2 aliphatic rings. The molecular weight excluding hydrogens is 208 g/mol. The summed E-state index contributed by atoms with van der Waals surface area (Å²) in [6.07, 6.45) is 0.0328. The second kappa shape index (κ2) is 5.12. The van der Waals surface area contributed by atoms with Crippen LogP contribution in [-0.2, 0) is 14.3 Å². The second-order valence-electron chi connectivity index (χ2n) is 4.71. The molecule has 0 aliphatic carbocycles. The predicted molar refractivity (Wildman–Crippen MR) is 58.9 cm³/mol. The highest BCUT2D eigenvalue weighted by Gasteiger charge is 2.34. The van der Waals surface area contributed by atoms with Crippen LogP contribution in [0.25, 0.3) is 0 Å². The summed E-state index contributed by atoms with van der Waals surface area (Å²) in [5, 5.41) is 3.23. The molecule has 2 unspecified atom stereocenters. The third kappa shape index (κ3) is 2.53. The number of rotatable bonds is 3. The van der Waals surface area contributed by atoms with E-state index in [4.69, 9.17) is 9.47 Å². The summed E-state index contributed by atoms with van der Waals surface area (Å²) in [5.41, 5.74) is 0. The molecule has 2 aliphatic heterocycles. The molecule has 2 atom stereocenters. The zero-order valence-electron chi connectivity index (χ0n) is 9.94. The van der Waals surface area contributed by atoms with Gasteiger partial charge in [-0.1, -0.05) is 13.8 Å². The van der Waals surface area contributed by atoms with Crippen LogP contribution in [0.5, 0.6) is 0 Å². The quantitative estimate of drug-likeness (QED) is 0.728. The molecule has 0 spiro atoms. The van der Waals surface area contributed by atoms with Gasteiger partial charge in [-0.15, -0.1) is 0 Å². The molecule has 1 amide bonds. The van der Waals surface area contributed by atoms with Crippen LogP contribution in [0.4, 0.5) is 0 Å². The molecule has 16 heavy (non-hydrogen) atoms. The number of amides is 1. The summed E-state index contributed by atoms with van der Waals surface area (Å²) in [5.74, 6) is 0.519. The Labute approximate surface area is 96.1 Å². The fourth-order valence-electron chi connectivity index (χ4n) is 2.13. The summed E-state index contributed by atoms with van der Waals surface area (Å²) in [6, 6.07) is -0.0375. The molecule has 5 heteroatoms. The van der Waals surface area contributed by atoms with E-state index in [2.05, 4.69) is 19.2 Å². The van der Waals surface area contributed by atoms with Crippen molar-refractivity contribution in [1.82, 2.24) is 10.2 Å². The SMILES string of the molecule is CC(C)C1NCN(CC2COCCO2)C1=O. The van der Waals surface area contributed by atoms with Gasteiger partial charge in [0.2, 0.25) is 5.91 Å². The largest absolute Gasteiger partial charge is 0.376 e. The maximum Gasteiger partial charge on any atom is 0.241 e. The van der Waals surface area contributed by atoms with Crippen molar-refractivity contribution in [3.63, 3.8) is 0 Å². The first kappa shape index (κ1) is 11.8. The Morgan fingerprint density at radius 1 is 1.50 bits per heavy atom. The Morgan fingerprint density at radius 2 is 2.31 bits per heavy atom. The molecule has 0 aromatic carbocycles. The van der Waals surface area contributed by atoms with Crippen LogP contribution in [0, 0.1) is 5.92 Å². The van der Waals surface area contributed by atoms with Crippen LogP contribution in [0.3, 0.4) is 0 Å². The molecule has 0 saturated carbocycles. The van der Waals surface area contributed by atoms with E-state index >= 15 is 0 Å². The van der Waals surface area contributed by atoms with Gasteiger partial charge < -0.3 is 14.4 Å². The van der Waals surface area contributed by atoms with Gasteiger partial charge in [0.15, 0.2) is 0 Å². The van der Waals surface area contributed by atoms with Crippen molar-refractivity contribution < 1.29 is 14.3 Å². The lowest BCUT2D eigenvalue weighted by molar-refractivity contribution is -0.135. The van der Waals surface area contributed by atoms with E-state index in [0.717, 1.165) is 0 Å². The Bertz CT molecular complexity index is 252. The maximum absolute atomic E-state index is 12.0. The van der Waals surface area contributed by atoms with Gasteiger partial charge in [0.25, 0.3) is 0 Å². The normalized spacial score (nSPS) is 31.4. The van der Waals surface area contributed by atoms with Crippen LogP contribution in [-0.4, -0.2) is 56.0 Å². The van der Waals surface area contributed by atoms with E-state index in [1.165, 1.54) is 0 Å². The standard InChI is InChI=1S/C11H20N2O3/c1-8(2)10-11(14)13(7-12-10)5-9-6-15-3-4-16-9/h8-10,12H,3-7H2,1-2H3. The van der Waals surface area contributed by atoms with Gasteiger partial charge >= 0.3 is 0 Å². The molecule has 2 heterocycles.